The smallest absolute Gasteiger partial charge is 0.347 e. The number of alkyl halides is 3. The van der Waals surface area contributed by atoms with Crippen molar-refractivity contribution in [3.63, 3.8) is 0 Å². The maximum atomic E-state index is 12.7. The van der Waals surface area contributed by atoms with Crippen LogP contribution in [0.3, 0.4) is 0 Å². The standard InChI is InChI=1S/C16H12F3N5O4/c17-16(18,19)10-2-1-5-23(15(10)26)8-14(25)20-7-13-21-11-4-3-9(24(27)28)6-12(11)22-13/h1-6H,7-8H2,(H,20,25)(H,21,22). The number of aromatic amines is 1. The molecule has 9 nitrogen and oxygen atoms in total. The summed E-state index contributed by atoms with van der Waals surface area (Å²) in [7, 11) is 0. The molecule has 2 aromatic heterocycles. The zero-order valence-electron chi connectivity index (χ0n) is 14.0. The Morgan fingerprint density at radius 2 is 2.07 bits per heavy atom. The Morgan fingerprint density at radius 1 is 1.32 bits per heavy atom. The maximum Gasteiger partial charge on any atom is 0.421 e. The fourth-order valence-corrected chi connectivity index (χ4v) is 2.52. The van der Waals surface area contributed by atoms with E-state index in [1.165, 1.54) is 18.2 Å². The highest BCUT2D eigenvalue weighted by molar-refractivity contribution is 5.78. The van der Waals surface area contributed by atoms with Gasteiger partial charge in [0.05, 0.1) is 22.5 Å². The number of hydrogen-bond donors (Lipinski definition) is 2. The summed E-state index contributed by atoms with van der Waals surface area (Å²) >= 11 is 0. The van der Waals surface area contributed by atoms with Crippen molar-refractivity contribution in [3.8, 4) is 0 Å². The van der Waals surface area contributed by atoms with Gasteiger partial charge in [0, 0.05) is 18.3 Å². The quantitative estimate of drug-likeness (QED) is 0.505. The molecule has 0 aliphatic heterocycles. The molecule has 12 heteroatoms. The summed E-state index contributed by atoms with van der Waals surface area (Å²) in [5, 5.41) is 13.2. The lowest BCUT2D eigenvalue weighted by Crippen LogP contribution is -2.34. The largest absolute Gasteiger partial charge is 0.421 e. The number of nitro benzene ring substituents is 1. The first kappa shape index (κ1) is 19.1. The van der Waals surface area contributed by atoms with Crippen molar-refractivity contribution in [2.75, 3.05) is 0 Å². The zero-order valence-corrected chi connectivity index (χ0v) is 14.0. The van der Waals surface area contributed by atoms with Gasteiger partial charge in [0.25, 0.3) is 11.2 Å². The Kier molecular flexibility index (Phi) is 4.86. The third kappa shape index (κ3) is 4.00. The molecule has 0 saturated carbocycles. The van der Waals surface area contributed by atoms with Gasteiger partial charge in [0.2, 0.25) is 5.91 Å². The van der Waals surface area contributed by atoms with Gasteiger partial charge in [-0.05, 0) is 18.2 Å². The van der Waals surface area contributed by atoms with E-state index < -0.39 is 34.7 Å². The molecule has 0 unspecified atom stereocenters. The van der Waals surface area contributed by atoms with Gasteiger partial charge in [-0.2, -0.15) is 13.2 Å². The fourth-order valence-electron chi connectivity index (χ4n) is 2.52. The van der Waals surface area contributed by atoms with Crippen molar-refractivity contribution < 1.29 is 22.9 Å². The first-order valence-corrected chi connectivity index (χ1v) is 7.81. The average molecular weight is 395 g/mol. The second kappa shape index (κ2) is 7.13. The van der Waals surface area contributed by atoms with Crippen LogP contribution < -0.4 is 10.9 Å². The van der Waals surface area contributed by atoms with E-state index in [2.05, 4.69) is 15.3 Å². The highest BCUT2D eigenvalue weighted by atomic mass is 19.4. The molecule has 28 heavy (non-hydrogen) atoms. The normalized spacial score (nSPS) is 11.5. The number of nitro groups is 1. The average Bonchev–Trinajstić information content (AvgIpc) is 3.02. The Balaban J connectivity index is 1.69. The predicted octanol–water partition coefficient (Wildman–Crippen LogP) is 1.97. The third-order valence-corrected chi connectivity index (χ3v) is 3.82. The highest BCUT2D eigenvalue weighted by Gasteiger charge is 2.34. The molecule has 3 aromatic rings. The van der Waals surface area contributed by atoms with Crippen LogP contribution in [0.2, 0.25) is 0 Å². The second-order valence-electron chi connectivity index (χ2n) is 5.77. The lowest BCUT2D eigenvalue weighted by atomic mass is 10.2. The van der Waals surface area contributed by atoms with E-state index in [4.69, 9.17) is 0 Å². The number of fused-ring (bicyclic) bond motifs is 1. The molecule has 0 radical (unpaired) electrons. The number of carbonyl (C=O) groups excluding carboxylic acids is 1. The number of halogens is 3. The van der Waals surface area contributed by atoms with E-state index in [9.17, 15) is 32.9 Å². The number of nitrogens with zero attached hydrogens (tertiary/aromatic N) is 3. The fraction of sp³-hybridized carbons (Fsp3) is 0.188. The number of imidazole rings is 1. The van der Waals surface area contributed by atoms with E-state index >= 15 is 0 Å². The van der Waals surface area contributed by atoms with Gasteiger partial charge in [-0.25, -0.2) is 4.98 Å². The van der Waals surface area contributed by atoms with Crippen LogP contribution in [0.15, 0.2) is 41.3 Å². The third-order valence-electron chi connectivity index (χ3n) is 3.82. The molecule has 0 bridgehead atoms. The SMILES string of the molecule is O=C(Cn1cccc(C(F)(F)F)c1=O)NCc1nc2ccc([N+](=O)[O-])cc2[nH]1. The van der Waals surface area contributed by atoms with Crippen LogP contribution in [0.1, 0.15) is 11.4 Å². The van der Waals surface area contributed by atoms with E-state index in [-0.39, 0.29) is 12.2 Å². The Bertz CT molecular complexity index is 1120. The summed E-state index contributed by atoms with van der Waals surface area (Å²) in [5.74, 6) is -0.409. The highest BCUT2D eigenvalue weighted by Crippen LogP contribution is 2.26. The lowest BCUT2D eigenvalue weighted by molar-refractivity contribution is -0.384. The van der Waals surface area contributed by atoms with Crippen molar-refractivity contribution >= 4 is 22.6 Å². The van der Waals surface area contributed by atoms with Crippen LogP contribution >= 0.6 is 0 Å². The molecular formula is C16H12F3N5O4. The van der Waals surface area contributed by atoms with Crippen molar-refractivity contribution in [2.45, 2.75) is 19.3 Å². The number of benzene rings is 1. The van der Waals surface area contributed by atoms with Gasteiger partial charge in [-0.1, -0.05) is 0 Å². The lowest BCUT2D eigenvalue weighted by Gasteiger charge is -2.10. The van der Waals surface area contributed by atoms with Crippen LogP contribution in [0.4, 0.5) is 18.9 Å². The maximum absolute atomic E-state index is 12.7. The Labute approximate surface area is 154 Å². The molecule has 0 fully saturated rings. The molecule has 146 valence electrons. The summed E-state index contributed by atoms with van der Waals surface area (Å²) < 4.78 is 38.9. The molecular weight excluding hydrogens is 383 g/mol. The molecule has 0 spiro atoms. The molecule has 0 atom stereocenters. The summed E-state index contributed by atoms with van der Waals surface area (Å²) in [6.45, 7) is -0.705. The monoisotopic (exact) mass is 395 g/mol. The summed E-state index contributed by atoms with van der Waals surface area (Å²) in [5.41, 5.74) is -1.96. The molecule has 2 N–H and O–H groups in total. The molecule has 0 saturated heterocycles. The zero-order chi connectivity index (χ0) is 20.5. The molecule has 0 aliphatic carbocycles. The van der Waals surface area contributed by atoms with E-state index in [0.717, 1.165) is 12.3 Å². The van der Waals surface area contributed by atoms with Crippen LogP contribution in [0.5, 0.6) is 0 Å². The molecule has 0 aliphatic rings. The number of carbonyl (C=O) groups is 1. The van der Waals surface area contributed by atoms with Crippen molar-refractivity contribution in [2.24, 2.45) is 0 Å². The number of aromatic nitrogens is 3. The number of H-pyrrole nitrogens is 1. The number of hydrogen-bond acceptors (Lipinski definition) is 5. The number of non-ortho nitro benzene ring substituents is 1. The summed E-state index contributed by atoms with van der Waals surface area (Å²) in [6, 6.07) is 5.69. The minimum Gasteiger partial charge on any atom is -0.347 e. The van der Waals surface area contributed by atoms with Gasteiger partial charge >= 0.3 is 6.18 Å². The number of nitrogens with one attached hydrogen (secondary N) is 2. The second-order valence-corrected chi connectivity index (χ2v) is 5.77. The van der Waals surface area contributed by atoms with Crippen LogP contribution in [0.25, 0.3) is 11.0 Å². The molecule has 2 heterocycles. The van der Waals surface area contributed by atoms with Crippen LogP contribution in [0, 0.1) is 10.1 Å². The minimum absolute atomic E-state index is 0.102. The van der Waals surface area contributed by atoms with Gasteiger partial charge in [-0.3, -0.25) is 19.7 Å². The van der Waals surface area contributed by atoms with E-state index in [1.807, 2.05) is 0 Å². The topological polar surface area (TPSA) is 123 Å². The minimum atomic E-state index is -4.81. The number of rotatable bonds is 5. The van der Waals surface area contributed by atoms with Gasteiger partial charge < -0.3 is 14.9 Å². The summed E-state index contributed by atoms with van der Waals surface area (Å²) in [6.07, 6.45) is -3.73. The first-order chi connectivity index (χ1) is 13.1. The van der Waals surface area contributed by atoms with Crippen LogP contribution in [-0.2, 0) is 24.1 Å². The molecule has 1 aromatic carbocycles. The predicted molar refractivity (Wildman–Crippen MR) is 90.3 cm³/mol. The summed E-state index contributed by atoms with van der Waals surface area (Å²) in [4.78, 5) is 41.0. The Hall–Kier alpha value is -3.70. The molecule has 1 amide bonds. The number of pyridine rings is 1. The van der Waals surface area contributed by atoms with Gasteiger partial charge in [0.15, 0.2) is 0 Å². The van der Waals surface area contributed by atoms with Crippen molar-refractivity contribution in [3.05, 3.63) is 68.4 Å². The van der Waals surface area contributed by atoms with Crippen LogP contribution in [-0.4, -0.2) is 25.4 Å². The first-order valence-electron chi connectivity index (χ1n) is 7.81. The van der Waals surface area contributed by atoms with E-state index in [0.29, 0.717) is 27.5 Å². The van der Waals surface area contributed by atoms with E-state index in [1.54, 1.807) is 0 Å². The van der Waals surface area contributed by atoms with Crippen molar-refractivity contribution in [1.82, 2.24) is 19.9 Å². The van der Waals surface area contributed by atoms with Gasteiger partial charge in [0.1, 0.15) is 17.9 Å². The van der Waals surface area contributed by atoms with Gasteiger partial charge in [-0.15, -0.1) is 0 Å². The Morgan fingerprint density at radius 3 is 2.75 bits per heavy atom. The molecule has 3 rings (SSSR count). The number of amides is 1. The van der Waals surface area contributed by atoms with Crippen molar-refractivity contribution in [1.29, 1.82) is 0 Å².